The van der Waals surface area contributed by atoms with Gasteiger partial charge in [0.05, 0.1) is 29.2 Å². The van der Waals surface area contributed by atoms with E-state index in [-0.39, 0.29) is 23.6 Å². The molecule has 3 N–H and O–H groups in total. The molecule has 0 aliphatic carbocycles. The molecule has 2 aromatic heterocycles. The maximum absolute atomic E-state index is 10.7. The third-order valence-corrected chi connectivity index (χ3v) is 6.47. The number of aromatic hydroxyl groups is 2. The van der Waals surface area contributed by atoms with Gasteiger partial charge in [0.2, 0.25) is 0 Å². The summed E-state index contributed by atoms with van der Waals surface area (Å²) in [6, 6.07) is 21.9. The van der Waals surface area contributed by atoms with Gasteiger partial charge in [-0.1, -0.05) is 30.3 Å². The fourth-order valence-corrected chi connectivity index (χ4v) is 5.05. The number of aryl methyl sites for hydroxylation is 1. The van der Waals surface area contributed by atoms with E-state index in [9.17, 15) is 10.2 Å². The number of rotatable bonds is 4. The van der Waals surface area contributed by atoms with Gasteiger partial charge in [-0.3, -0.25) is 4.98 Å². The Morgan fingerprint density at radius 1 is 0.879 bits per heavy atom. The van der Waals surface area contributed by atoms with Crippen LogP contribution in [0, 0.1) is 13.8 Å². The van der Waals surface area contributed by atoms with Gasteiger partial charge in [0.25, 0.3) is 0 Å². The van der Waals surface area contributed by atoms with Crippen molar-refractivity contribution in [3.63, 3.8) is 0 Å². The molecule has 33 heavy (non-hydrogen) atoms. The molecule has 2 unspecified atom stereocenters. The fraction of sp³-hybridized carbons (Fsp3) is 0.154. The molecular weight excluding hydrogens is 432 g/mol. The molecule has 0 saturated carbocycles. The lowest BCUT2D eigenvalue weighted by Gasteiger charge is -2.28. The van der Waals surface area contributed by atoms with Crippen LogP contribution in [-0.2, 0) is 0 Å². The zero-order valence-electron chi connectivity index (χ0n) is 18.3. The van der Waals surface area contributed by atoms with Crippen molar-refractivity contribution in [3.05, 3.63) is 102 Å². The van der Waals surface area contributed by atoms with Crippen molar-refractivity contribution in [1.82, 2.24) is 14.9 Å². The van der Waals surface area contributed by atoms with E-state index in [1.54, 1.807) is 24.4 Å². The van der Waals surface area contributed by atoms with Crippen LogP contribution < -0.4 is 10.2 Å². The number of anilines is 1. The van der Waals surface area contributed by atoms with Crippen LogP contribution in [0.25, 0.3) is 5.69 Å². The molecule has 4 aromatic rings. The molecule has 5 rings (SSSR count). The Kier molecular flexibility index (Phi) is 5.26. The van der Waals surface area contributed by atoms with E-state index in [1.807, 2.05) is 71.8 Å². The Bertz CT molecular complexity index is 1340. The highest BCUT2D eigenvalue weighted by molar-refractivity contribution is 7.80. The largest absolute Gasteiger partial charge is 0.506 e. The maximum Gasteiger partial charge on any atom is 0.174 e. The number of nitrogens with one attached hydrogen (secondary N) is 1. The molecule has 2 atom stereocenters. The summed E-state index contributed by atoms with van der Waals surface area (Å²) in [6.45, 7) is 4.05. The first-order valence-electron chi connectivity index (χ1n) is 10.7. The van der Waals surface area contributed by atoms with Gasteiger partial charge in [0, 0.05) is 17.6 Å². The lowest BCUT2D eigenvalue weighted by atomic mass is 9.96. The first kappa shape index (κ1) is 21.0. The predicted octanol–water partition coefficient (Wildman–Crippen LogP) is 5.08. The number of hydrogen-bond donors (Lipinski definition) is 3. The predicted molar refractivity (Wildman–Crippen MR) is 133 cm³/mol. The molecule has 166 valence electrons. The quantitative estimate of drug-likeness (QED) is 0.372. The molecule has 0 radical (unpaired) electrons. The van der Waals surface area contributed by atoms with Crippen LogP contribution >= 0.6 is 12.2 Å². The van der Waals surface area contributed by atoms with E-state index >= 15 is 0 Å². The summed E-state index contributed by atoms with van der Waals surface area (Å²) < 4.78 is 2.05. The van der Waals surface area contributed by atoms with Crippen molar-refractivity contribution >= 4 is 23.0 Å². The molecule has 3 heterocycles. The van der Waals surface area contributed by atoms with Crippen molar-refractivity contribution in [2.24, 2.45) is 0 Å². The summed E-state index contributed by atoms with van der Waals surface area (Å²) in [5, 5.41) is 25.1. The van der Waals surface area contributed by atoms with E-state index in [0.29, 0.717) is 10.8 Å². The Balaban J connectivity index is 1.71. The minimum atomic E-state index is -0.258. The average Bonchev–Trinajstić information content (AvgIpc) is 3.30. The van der Waals surface area contributed by atoms with Gasteiger partial charge in [-0.05, 0) is 74.1 Å². The van der Waals surface area contributed by atoms with Crippen LogP contribution in [0.2, 0.25) is 0 Å². The molecule has 0 amide bonds. The van der Waals surface area contributed by atoms with Crippen LogP contribution in [0.3, 0.4) is 0 Å². The van der Waals surface area contributed by atoms with Crippen LogP contribution in [0.4, 0.5) is 5.69 Å². The standard InChI is InChI=1S/C26H24N4O2S/c1-16-15-18(17(2)29(16)20-10-3-5-12-22(20)31)25-24(19-9-7-8-14-27-19)28-26(33)30(25)21-11-4-6-13-23(21)32/h3-15,24-25,31-32H,1-2H3,(H,28,33). The van der Waals surface area contributed by atoms with Crippen molar-refractivity contribution in [3.8, 4) is 17.2 Å². The molecule has 0 bridgehead atoms. The van der Waals surface area contributed by atoms with E-state index in [2.05, 4.69) is 16.4 Å². The van der Waals surface area contributed by atoms with E-state index < -0.39 is 0 Å². The van der Waals surface area contributed by atoms with Crippen LogP contribution in [-0.4, -0.2) is 24.9 Å². The molecular formula is C26H24N4O2S. The number of thiocarbonyl (C=S) groups is 1. The van der Waals surface area contributed by atoms with Gasteiger partial charge in [-0.25, -0.2) is 0 Å². The van der Waals surface area contributed by atoms with Crippen LogP contribution in [0.5, 0.6) is 11.5 Å². The van der Waals surface area contributed by atoms with Crippen molar-refractivity contribution in [1.29, 1.82) is 0 Å². The Hall–Kier alpha value is -3.84. The monoisotopic (exact) mass is 456 g/mol. The van der Waals surface area contributed by atoms with Gasteiger partial charge >= 0.3 is 0 Å². The second kappa shape index (κ2) is 8.26. The van der Waals surface area contributed by atoms with Gasteiger partial charge in [0.15, 0.2) is 5.11 Å². The summed E-state index contributed by atoms with van der Waals surface area (Å²) in [7, 11) is 0. The molecule has 1 aliphatic heterocycles. The molecule has 1 fully saturated rings. The second-order valence-electron chi connectivity index (χ2n) is 8.14. The summed E-state index contributed by atoms with van der Waals surface area (Å²) in [6.07, 6.45) is 1.77. The zero-order chi connectivity index (χ0) is 23.1. The van der Waals surface area contributed by atoms with Gasteiger partial charge in [-0.2, -0.15) is 0 Å². The van der Waals surface area contributed by atoms with Gasteiger partial charge < -0.3 is 25.0 Å². The Morgan fingerprint density at radius 3 is 2.15 bits per heavy atom. The third-order valence-electron chi connectivity index (χ3n) is 6.15. The van der Waals surface area contributed by atoms with Crippen molar-refractivity contribution in [2.45, 2.75) is 25.9 Å². The Labute approximate surface area is 197 Å². The van der Waals surface area contributed by atoms with E-state index in [0.717, 1.165) is 28.3 Å². The third kappa shape index (κ3) is 3.50. The molecule has 1 aliphatic rings. The molecule has 1 saturated heterocycles. The summed E-state index contributed by atoms with van der Waals surface area (Å²) >= 11 is 5.76. The van der Waals surface area contributed by atoms with E-state index in [4.69, 9.17) is 12.2 Å². The topological polar surface area (TPSA) is 73.5 Å². The van der Waals surface area contributed by atoms with Crippen molar-refractivity contribution in [2.75, 3.05) is 4.90 Å². The Morgan fingerprint density at radius 2 is 1.52 bits per heavy atom. The minimum Gasteiger partial charge on any atom is -0.506 e. The lowest BCUT2D eigenvalue weighted by Crippen LogP contribution is -2.29. The second-order valence-corrected chi connectivity index (χ2v) is 8.52. The molecule has 0 spiro atoms. The number of hydrogen-bond acceptors (Lipinski definition) is 4. The zero-order valence-corrected chi connectivity index (χ0v) is 19.1. The summed E-state index contributed by atoms with van der Waals surface area (Å²) in [4.78, 5) is 6.55. The van der Waals surface area contributed by atoms with Gasteiger partial charge in [0.1, 0.15) is 11.5 Å². The number of pyridine rings is 1. The van der Waals surface area contributed by atoms with Gasteiger partial charge in [-0.15, -0.1) is 0 Å². The SMILES string of the molecule is Cc1cc(C2C(c3ccccn3)NC(=S)N2c2ccccc2O)c(C)n1-c1ccccc1O. The number of benzene rings is 2. The first-order valence-corrected chi connectivity index (χ1v) is 11.1. The fourth-order valence-electron chi connectivity index (χ4n) is 4.71. The highest BCUT2D eigenvalue weighted by Gasteiger charge is 2.43. The minimum absolute atomic E-state index is 0.155. The van der Waals surface area contributed by atoms with Crippen LogP contribution in [0.15, 0.2) is 79.0 Å². The molecule has 2 aromatic carbocycles. The summed E-state index contributed by atoms with van der Waals surface area (Å²) in [5.74, 6) is 0.368. The molecule has 6 nitrogen and oxygen atoms in total. The maximum atomic E-state index is 10.7. The number of phenols is 2. The number of nitrogens with zero attached hydrogens (tertiary/aromatic N) is 3. The van der Waals surface area contributed by atoms with Crippen LogP contribution in [0.1, 0.15) is 34.7 Å². The van der Waals surface area contributed by atoms with E-state index in [1.165, 1.54) is 0 Å². The number of phenolic OH excluding ortho intramolecular Hbond substituents is 2. The highest BCUT2D eigenvalue weighted by Crippen LogP contribution is 2.46. The lowest BCUT2D eigenvalue weighted by molar-refractivity contribution is 0.471. The van der Waals surface area contributed by atoms with Crippen molar-refractivity contribution < 1.29 is 10.2 Å². The number of aromatic nitrogens is 2. The summed E-state index contributed by atoms with van der Waals surface area (Å²) in [5.41, 5.74) is 5.20. The smallest absolute Gasteiger partial charge is 0.174 e. The highest BCUT2D eigenvalue weighted by atomic mass is 32.1. The molecule has 7 heteroatoms. The first-order chi connectivity index (χ1) is 16.0. The number of para-hydroxylation sites is 4. The average molecular weight is 457 g/mol. The normalized spacial score (nSPS) is 17.9.